The molecule has 0 saturated carbocycles. The van der Waals surface area contributed by atoms with Crippen LogP contribution < -0.4 is 0 Å². The van der Waals surface area contributed by atoms with Gasteiger partial charge in [0.2, 0.25) is 0 Å². The molecule has 1 saturated heterocycles. The molecule has 16 heavy (non-hydrogen) atoms. The van der Waals surface area contributed by atoms with Gasteiger partial charge in [-0.1, -0.05) is 36.8 Å². The highest BCUT2D eigenvalue weighted by atomic mass is 16.1. The van der Waals surface area contributed by atoms with Gasteiger partial charge in [-0.15, -0.1) is 0 Å². The second kappa shape index (κ2) is 5.15. The first-order valence-electron chi connectivity index (χ1n) is 6.02. The fraction of sp³-hybridized carbons (Fsp3) is 0.500. The van der Waals surface area contributed by atoms with Crippen molar-refractivity contribution in [3.05, 3.63) is 35.6 Å². The van der Waals surface area contributed by atoms with Crippen LogP contribution in [0.25, 0.3) is 0 Å². The Kier molecular flexibility index (Phi) is 3.60. The van der Waals surface area contributed by atoms with E-state index in [2.05, 4.69) is 36.1 Å². The minimum absolute atomic E-state index is 0.549. The number of carbonyl (C=O) groups excluding carboxylic acids is 1. The second-order valence-electron chi connectivity index (χ2n) is 4.74. The number of hydrogen-bond donors (Lipinski definition) is 0. The van der Waals surface area contributed by atoms with Crippen LogP contribution in [0.15, 0.2) is 35.6 Å². The maximum Gasteiger partial charge on any atom is 0.139 e. The van der Waals surface area contributed by atoms with Gasteiger partial charge in [0.15, 0.2) is 0 Å². The van der Waals surface area contributed by atoms with E-state index >= 15 is 0 Å². The monoisotopic (exact) mass is 217 g/mol. The van der Waals surface area contributed by atoms with Crippen molar-refractivity contribution in [2.75, 3.05) is 13.1 Å². The van der Waals surface area contributed by atoms with Gasteiger partial charge >= 0.3 is 0 Å². The van der Waals surface area contributed by atoms with Crippen LogP contribution in [0.1, 0.15) is 26.2 Å². The minimum Gasteiger partial charge on any atom is -0.368 e. The molecule has 0 aromatic carbocycles. The summed E-state index contributed by atoms with van der Waals surface area (Å²) in [5, 5.41) is 0. The molecule has 1 aliphatic heterocycles. The number of nitrogens with zero attached hydrogens (tertiary/aromatic N) is 1. The molecule has 1 fully saturated rings. The van der Waals surface area contributed by atoms with Crippen molar-refractivity contribution in [3.8, 4) is 0 Å². The molecule has 86 valence electrons. The van der Waals surface area contributed by atoms with E-state index in [1.54, 1.807) is 0 Å². The van der Waals surface area contributed by atoms with Crippen molar-refractivity contribution in [2.24, 2.45) is 5.92 Å². The second-order valence-corrected chi connectivity index (χ2v) is 4.74. The average molecular weight is 217 g/mol. The fourth-order valence-corrected chi connectivity index (χ4v) is 2.43. The first kappa shape index (κ1) is 11.2. The molecule has 1 aliphatic carbocycles. The van der Waals surface area contributed by atoms with E-state index < -0.39 is 0 Å². The number of aldehydes is 1. The SMILES string of the molecule is CC1C/C(=C\CC2=CC=CC2)N(CC=O)C1. The predicted molar refractivity (Wildman–Crippen MR) is 66.0 cm³/mol. The van der Waals surface area contributed by atoms with Crippen LogP contribution in [-0.4, -0.2) is 24.3 Å². The highest BCUT2D eigenvalue weighted by molar-refractivity contribution is 5.52. The van der Waals surface area contributed by atoms with Gasteiger partial charge in [-0.25, -0.2) is 0 Å². The number of rotatable bonds is 4. The van der Waals surface area contributed by atoms with Gasteiger partial charge in [-0.2, -0.15) is 0 Å². The van der Waals surface area contributed by atoms with Crippen molar-refractivity contribution in [1.82, 2.24) is 4.90 Å². The van der Waals surface area contributed by atoms with Crippen molar-refractivity contribution < 1.29 is 4.79 Å². The molecule has 1 heterocycles. The third-order valence-electron chi connectivity index (χ3n) is 3.24. The van der Waals surface area contributed by atoms with Gasteiger partial charge in [-0.05, 0) is 25.2 Å². The fourth-order valence-electron chi connectivity index (χ4n) is 2.43. The van der Waals surface area contributed by atoms with Gasteiger partial charge in [-0.3, -0.25) is 0 Å². The smallest absolute Gasteiger partial charge is 0.139 e. The van der Waals surface area contributed by atoms with Crippen molar-refractivity contribution in [2.45, 2.75) is 26.2 Å². The van der Waals surface area contributed by atoms with E-state index in [1.165, 1.54) is 11.3 Å². The molecule has 0 amide bonds. The van der Waals surface area contributed by atoms with E-state index in [0.29, 0.717) is 12.5 Å². The molecule has 0 aromatic rings. The molecular formula is C14H19NO. The van der Waals surface area contributed by atoms with Crippen LogP contribution in [0.2, 0.25) is 0 Å². The molecule has 0 radical (unpaired) electrons. The summed E-state index contributed by atoms with van der Waals surface area (Å²) in [6.45, 7) is 3.82. The largest absolute Gasteiger partial charge is 0.368 e. The van der Waals surface area contributed by atoms with E-state index in [-0.39, 0.29) is 0 Å². The zero-order chi connectivity index (χ0) is 11.4. The summed E-state index contributed by atoms with van der Waals surface area (Å²) < 4.78 is 0. The van der Waals surface area contributed by atoms with Crippen molar-refractivity contribution in [1.29, 1.82) is 0 Å². The van der Waals surface area contributed by atoms with E-state index in [0.717, 1.165) is 32.1 Å². The van der Waals surface area contributed by atoms with Gasteiger partial charge in [0.25, 0.3) is 0 Å². The molecule has 2 heteroatoms. The van der Waals surface area contributed by atoms with Crippen LogP contribution in [0.3, 0.4) is 0 Å². The third-order valence-corrected chi connectivity index (χ3v) is 3.24. The lowest BCUT2D eigenvalue weighted by Gasteiger charge is -2.16. The van der Waals surface area contributed by atoms with Gasteiger partial charge in [0.1, 0.15) is 6.29 Å². The van der Waals surface area contributed by atoms with Gasteiger partial charge in [0, 0.05) is 12.2 Å². The molecule has 0 spiro atoms. The summed E-state index contributed by atoms with van der Waals surface area (Å²) in [5.41, 5.74) is 2.82. The summed E-state index contributed by atoms with van der Waals surface area (Å²) in [6.07, 6.45) is 13.0. The highest BCUT2D eigenvalue weighted by Crippen LogP contribution is 2.27. The zero-order valence-corrected chi connectivity index (χ0v) is 9.86. The Morgan fingerprint density at radius 1 is 1.56 bits per heavy atom. The molecule has 1 unspecified atom stereocenters. The van der Waals surface area contributed by atoms with Crippen LogP contribution in [0.5, 0.6) is 0 Å². The first-order valence-corrected chi connectivity index (χ1v) is 6.02. The third kappa shape index (κ3) is 2.63. The zero-order valence-electron chi connectivity index (χ0n) is 9.86. The molecule has 0 aromatic heterocycles. The lowest BCUT2D eigenvalue weighted by atomic mass is 10.1. The molecular weight excluding hydrogens is 198 g/mol. The van der Waals surface area contributed by atoms with Crippen LogP contribution in [0.4, 0.5) is 0 Å². The molecule has 0 N–H and O–H groups in total. The molecule has 1 atom stereocenters. The van der Waals surface area contributed by atoms with Crippen molar-refractivity contribution >= 4 is 6.29 Å². The van der Waals surface area contributed by atoms with E-state index in [9.17, 15) is 4.79 Å². The quantitative estimate of drug-likeness (QED) is 0.675. The Morgan fingerprint density at radius 3 is 3.12 bits per heavy atom. The Hall–Kier alpha value is -1.31. The number of hydrogen-bond acceptors (Lipinski definition) is 2. The van der Waals surface area contributed by atoms with E-state index in [4.69, 9.17) is 0 Å². The predicted octanol–water partition coefficient (Wildman–Crippen LogP) is 2.69. The minimum atomic E-state index is 0.549. The summed E-state index contributed by atoms with van der Waals surface area (Å²) in [5.74, 6) is 0.682. The number of allylic oxidation sites excluding steroid dienone is 6. The maximum absolute atomic E-state index is 10.6. The molecule has 2 aliphatic rings. The topological polar surface area (TPSA) is 20.3 Å². The number of carbonyl (C=O) groups is 1. The lowest BCUT2D eigenvalue weighted by molar-refractivity contribution is -0.108. The Bertz CT molecular complexity index is 352. The Balaban J connectivity index is 1.95. The molecule has 0 bridgehead atoms. The summed E-state index contributed by atoms with van der Waals surface area (Å²) in [6, 6.07) is 0. The summed E-state index contributed by atoms with van der Waals surface area (Å²) in [4.78, 5) is 12.8. The maximum atomic E-state index is 10.6. The van der Waals surface area contributed by atoms with Crippen molar-refractivity contribution in [3.63, 3.8) is 0 Å². The van der Waals surface area contributed by atoms with Crippen LogP contribution in [-0.2, 0) is 4.79 Å². The normalized spacial score (nSPS) is 26.6. The summed E-state index contributed by atoms with van der Waals surface area (Å²) in [7, 11) is 0. The highest BCUT2D eigenvalue weighted by Gasteiger charge is 2.22. The average Bonchev–Trinajstić information content (AvgIpc) is 2.86. The van der Waals surface area contributed by atoms with Gasteiger partial charge < -0.3 is 9.69 Å². The Morgan fingerprint density at radius 2 is 2.44 bits per heavy atom. The first-order chi connectivity index (χ1) is 7.79. The standard InChI is InChI=1S/C14H19NO/c1-12-10-14(15(11-12)8-9-16)7-6-13-4-2-3-5-13/h2-4,7,9,12H,5-6,8,10-11H2,1H3/b14-7+. The van der Waals surface area contributed by atoms with E-state index in [1.807, 2.05) is 0 Å². The van der Waals surface area contributed by atoms with Crippen LogP contribution in [0, 0.1) is 5.92 Å². The molecule has 2 rings (SSSR count). The van der Waals surface area contributed by atoms with Gasteiger partial charge in [0.05, 0.1) is 6.54 Å². The Labute approximate surface area is 97.3 Å². The van der Waals surface area contributed by atoms with Crippen LogP contribution >= 0.6 is 0 Å². The summed E-state index contributed by atoms with van der Waals surface area (Å²) >= 11 is 0. The molecule has 2 nitrogen and oxygen atoms in total. The lowest BCUT2D eigenvalue weighted by Crippen LogP contribution is -2.21. The number of likely N-dealkylation sites (tertiary alicyclic amines) is 1.